The molecule has 1 aromatic carbocycles. The first-order chi connectivity index (χ1) is 7.95. The smallest absolute Gasteiger partial charge is 0.227 e. The second kappa shape index (κ2) is 4.06. The van der Waals surface area contributed by atoms with E-state index in [4.69, 9.17) is 5.73 Å². The summed E-state index contributed by atoms with van der Waals surface area (Å²) in [5.41, 5.74) is 8.72. The molecule has 0 saturated carbocycles. The molecule has 0 aliphatic carbocycles. The number of hydrogen-bond donors (Lipinski definition) is 1. The minimum Gasteiger partial charge on any atom is -0.399 e. The minimum absolute atomic E-state index is 0.119. The summed E-state index contributed by atoms with van der Waals surface area (Å²) < 4.78 is 0. The predicted molar refractivity (Wildman–Crippen MR) is 71.1 cm³/mol. The Morgan fingerprint density at radius 2 is 2.12 bits per heavy atom. The molecule has 3 heteroatoms. The zero-order valence-electron chi connectivity index (χ0n) is 10.8. The molecule has 2 rings (SSSR count). The molecular formula is C14H20N2O. The molecule has 1 aromatic rings. The van der Waals surface area contributed by atoms with Gasteiger partial charge < -0.3 is 10.6 Å². The SMILES string of the molecule is CCCN1C(=O)CC(C)(C)c2cc(N)ccc21. The molecule has 0 unspecified atom stereocenters. The number of carbonyl (C=O) groups excluding carboxylic acids is 1. The van der Waals surface area contributed by atoms with Crippen molar-refractivity contribution in [1.29, 1.82) is 0 Å². The topological polar surface area (TPSA) is 46.3 Å². The Labute approximate surface area is 103 Å². The number of carbonyl (C=O) groups is 1. The van der Waals surface area contributed by atoms with Crippen LogP contribution < -0.4 is 10.6 Å². The van der Waals surface area contributed by atoms with Crippen molar-refractivity contribution in [3.8, 4) is 0 Å². The van der Waals surface area contributed by atoms with Gasteiger partial charge in [0.1, 0.15) is 0 Å². The minimum atomic E-state index is -0.119. The van der Waals surface area contributed by atoms with Gasteiger partial charge in [-0.3, -0.25) is 4.79 Å². The molecule has 0 bridgehead atoms. The zero-order chi connectivity index (χ0) is 12.6. The summed E-state index contributed by atoms with van der Waals surface area (Å²) in [7, 11) is 0. The maximum Gasteiger partial charge on any atom is 0.227 e. The van der Waals surface area contributed by atoms with E-state index in [-0.39, 0.29) is 11.3 Å². The zero-order valence-corrected chi connectivity index (χ0v) is 10.8. The van der Waals surface area contributed by atoms with Crippen molar-refractivity contribution in [3.63, 3.8) is 0 Å². The Morgan fingerprint density at radius 3 is 2.76 bits per heavy atom. The van der Waals surface area contributed by atoms with Gasteiger partial charge in [0.05, 0.1) is 0 Å². The third-order valence-electron chi connectivity index (χ3n) is 3.38. The van der Waals surface area contributed by atoms with Crippen LogP contribution in [0.15, 0.2) is 18.2 Å². The largest absolute Gasteiger partial charge is 0.399 e. The third-order valence-corrected chi connectivity index (χ3v) is 3.38. The number of hydrogen-bond acceptors (Lipinski definition) is 2. The van der Waals surface area contributed by atoms with Crippen LogP contribution in [0.2, 0.25) is 0 Å². The van der Waals surface area contributed by atoms with Crippen LogP contribution in [0, 0.1) is 0 Å². The molecule has 3 nitrogen and oxygen atoms in total. The lowest BCUT2D eigenvalue weighted by Crippen LogP contribution is -2.42. The second-order valence-corrected chi connectivity index (χ2v) is 5.38. The quantitative estimate of drug-likeness (QED) is 0.797. The molecule has 0 spiro atoms. The van der Waals surface area contributed by atoms with Crippen molar-refractivity contribution in [2.24, 2.45) is 0 Å². The molecule has 17 heavy (non-hydrogen) atoms. The van der Waals surface area contributed by atoms with Crippen LogP contribution in [0.25, 0.3) is 0 Å². The van der Waals surface area contributed by atoms with Crippen LogP contribution in [0.4, 0.5) is 11.4 Å². The van der Waals surface area contributed by atoms with E-state index in [9.17, 15) is 4.79 Å². The number of rotatable bonds is 2. The fourth-order valence-corrected chi connectivity index (χ4v) is 2.50. The molecular weight excluding hydrogens is 212 g/mol. The molecule has 1 amide bonds. The van der Waals surface area contributed by atoms with Crippen LogP contribution in [0.5, 0.6) is 0 Å². The average molecular weight is 232 g/mol. The van der Waals surface area contributed by atoms with E-state index in [1.165, 1.54) is 5.56 Å². The summed E-state index contributed by atoms with van der Waals surface area (Å²) in [6.45, 7) is 7.08. The van der Waals surface area contributed by atoms with Gasteiger partial charge in [0.15, 0.2) is 0 Å². The lowest BCUT2D eigenvalue weighted by Gasteiger charge is -2.38. The van der Waals surface area contributed by atoms with Crippen LogP contribution in [0.3, 0.4) is 0 Å². The first kappa shape index (κ1) is 12.0. The Kier molecular flexibility index (Phi) is 2.86. The normalized spacial score (nSPS) is 18.1. The van der Waals surface area contributed by atoms with Gasteiger partial charge in [-0.2, -0.15) is 0 Å². The van der Waals surface area contributed by atoms with Crippen LogP contribution in [-0.2, 0) is 10.2 Å². The summed E-state index contributed by atoms with van der Waals surface area (Å²) in [6.07, 6.45) is 1.53. The highest BCUT2D eigenvalue weighted by molar-refractivity contribution is 5.98. The van der Waals surface area contributed by atoms with E-state index in [1.54, 1.807) is 0 Å². The van der Waals surface area contributed by atoms with Crippen molar-refractivity contribution >= 4 is 17.3 Å². The fourth-order valence-electron chi connectivity index (χ4n) is 2.50. The Balaban J connectivity index is 2.54. The molecule has 0 radical (unpaired) electrons. The van der Waals surface area contributed by atoms with Gasteiger partial charge in [0.2, 0.25) is 5.91 Å². The van der Waals surface area contributed by atoms with E-state index in [2.05, 4.69) is 20.8 Å². The van der Waals surface area contributed by atoms with E-state index < -0.39 is 0 Å². The Bertz CT molecular complexity index is 452. The molecule has 1 aliphatic rings. The number of nitrogen functional groups attached to an aromatic ring is 1. The number of anilines is 2. The van der Waals surface area contributed by atoms with E-state index in [0.29, 0.717) is 6.42 Å². The summed E-state index contributed by atoms with van der Waals surface area (Å²) in [6, 6.07) is 5.85. The van der Waals surface area contributed by atoms with Gasteiger partial charge in [-0.15, -0.1) is 0 Å². The Hall–Kier alpha value is -1.51. The number of fused-ring (bicyclic) bond motifs is 1. The van der Waals surface area contributed by atoms with Crippen molar-refractivity contribution in [3.05, 3.63) is 23.8 Å². The molecule has 0 aromatic heterocycles. The molecule has 1 heterocycles. The second-order valence-electron chi connectivity index (χ2n) is 5.38. The van der Waals surface area contributed by atoms with E-state index in [1.807, 2.05) is 23.1 Å². The molecule has 1 aliphatic heterocycles. The molecule has 92 valence electrons. The summed E-state index contributed by atoms with van der Waals surface area (Å²) in [5, 5.41) is 0. The van der Waals surface area contributed by atoms with Crippen LogP contribution >= 0.6 is 0 Å². The predicted octanol–water partition coefficient (Wildman–Crippen LogP) is 2.69. The van der Waals surface area contributed by atoms with Gasteiger partial charge >= 0.3 is 0 Å². The molecule has 0 atom stereocenters. The van der Waals surface area contributed by atoms with Gasteiger partial charge in [-0.05, 0) is 30.2 Å². The lowest BCUT2D eigenvalue weighted by atomic mass is 9.77. The summed E-state index contributed by atoms with van der Waals surface area (Å²) in [5.74, 6) is 0.217. The Morgan fingerprint density at radius 1 is 1.41 bits per heavy atom. The lowest BCUT2D eigenvalue weighted by molar-refractivity contribution is -0.120. The number of nitrogens with two attached hydrogens (primary N) is 1. The molecule has 0 fully saturated rings. The highest BCUT2D eigenvalue weighted by Crippen LogP contribution is 2.41. The number of amides is 1. The highest BCUT2D eigenvalue weighted by Gasteiger charge is 2.36. The van der Waals surface area contributed by atoms with Crippen LogP contribution in [-0.4, -0.2) is 12.5 Å². The number of nitrogens with zero attached hydrogens (tertiary/aromatic N) is 1. The number of benzene rings is 1. The van der Waals surface area contributed by atoms with Crippen molar-refractivity contribution < 1.29 is 4.79 Å². The molecule has 2 N–H and O–H groups in total. The summed E-state index contributed by atoms with van der Waals surface area (Å²) >= 11 is 0. The van der Waals surface area contributed by atoms with E-state index in [0.717, 1.165) is 24.3 Å². The maximum atomic E-state index is 12.1. The average Bonchev–Trinajstić information content (AvgIpc) is 2.24. The third kappa shape index (κ3) is 2.02. The van der Waals surface area contributed by atoms with E-state index >= 15 is 0 Å². The first-order valence-corrected chi connectivity index (χ1v) is 6.16. The summed E-state index contributed by atoms with van der Waals surface area (Å²) in [4.78, 5) is 14.0. The van der Waals surface area contributed by atoms with Gasteiger partial charge in [-0.25, -0.2) is 0 Å². The van der Waals surface area contributed by atoms with Crippen LogP contribution in [0.1, 0.15) is 39.2 Å². The fraction of sp³-hybridized carbons (Fsp3) is 0.500. The monoisotopic (exact) mass is 232 g/mol. The maximum absolute atomic E-state index is 12.1. The van der Waals surface area contributed by atoms with Gasteiger partial charge in [0.25, 0.3) is 0 Å². The van der Waals surface area contributed by atoms with Crippen molar-refractivity contribution in [2.75, 3.05) is 17.2 Å². The van der Waals surface area contributed by atoms with Crippen molar-refractivity contribution in [1.82, 2.24) is 0 Å². The van der Waals surface area contributed by atoms with Gasteiger partial charge in [0, 0.05) is 29.8 Å². The highest BCUT2D eigenvalue weighted by atomic mass is 16.2. The standard InChI is InChI=1S/C14H20N2O/c1-4-7-16-12-6-5-10(15)8-11(12)14(2,3)9-13(16)17/h5-6,8H,4,7,9,15H2,1-3H3. The van der Waals surface area contributed by atoms with Gasteiger partial charge in [-0.1, -0.05) is 20.8 Å². The van der Waals surface area contributed by atoms with Crippen molar-refractivity contribution in [2.45, 2.75) is 39.0 Å². The molecule has 0 saturated heterocycles. The first-order valence-electron chi connectivity index (χ1n) is 6.16.